The lowest BCUT2D eigenvalue weighted by Gasteiger charge is -2.22. The molecule has 0 unspecified atom stereocenters. The zero-order valence-electron chi connectivity index (χ0n) is 13.8. The van der Waals surface area contributed by atoms with Crippen molar-refractivity contribution in [3.63, 3.8) is 0 Å². The van der Waals surface area contributed by atoms with Crippen LogP contribution in [-0.2, 0) is 20.8 Å². The number of fused-ring (bicyclic) bond motifs is 2. The summed E-state index contributed by atoms with van der Waals surface area (Å²) in [6.45, 7) is 0. The summed E-state index contributed by atoms with van der Waals surface area (Å²) < 4.78 is 0. The van der Waals surface area contributed by atoms with Gasteiger partial charge < -0.3 is 10.1 Å². The Hall–Kier alpha value is -2.60. The van der Waals surface area contributed by atoms with Crippen molar-refractivity contribution in [2.45, 2.75) is 25.3 Å². The molecule has 0 saturated carbocycles. The smallest absolute Gasteiger partial charge is 0.327 e. The Kier molecular flexibility index (Phi) is 4.07. The fourth-order valence-electron chi connectivity index (χ4n) is 3.90. The number of allylic oxidation sites excluding steroid dienone is 2. The summed E-state index contributed by atoms with van der Waals surface area (Å²) in [5.74, 6) is -3.10. The number of nitrogens with zero attached hydrogens (tertiary/aromatic N) is 1. The number of rotatable bonds is 4. The Bertz CT molecular complexity index is 915. The Morgan fingerprint density at radius 1 is 1.27 bits per heavy atom. The van der Waals surface area contributed by atoms with Gasteiger partial charge in [0.25, 0.3) is 0 Å². The maximum atomic E-state index is 12.7. The van der Waals surface area contributed by atoms with E-state index in [1.54, 1.807) is 6.08 Å². The number of benzene rings is 1. The molecule has 1 aromatic carbocycles. The quantitative estimate of drug-likeness (QED) is 0.807. The van der Waals surface area contributed by atoms with Crippen molar-refractivity contribution < 1.29 is 19.5 Å². The number of hydrogen-bond donors (Lipinski definition) is 2. The molecular weight excluding hydrogens is 356 g/mol. The second kappa shape index (κ2) is 6.29. The molecule has 2 aromatic rings. The molecular formula is C19H17ClN2O4. The van der Waals surface area contributed by atoms with Crippen LogP contribution in [0.1, 0.15) is 18.5 Å². The number of nitrogens with one attached hydrogen (secondary N) is 1. The molecule has 134 valence electrons. The van der Waals surface area contributed by atoms with Gasteiger partial charge in [-0.1, -0.05) is 35.9 Å². The molecule has 0 radical (unpaired) electrons. The number of hydrogen-bond acceptors (Lipinski definition) is 3. The molecule has 7 heteroatoms. The third-order valence-corrected chi connectivity index (χ3v) is 5.51. The maximum absolute atomic E-state index is 12.7. The van der Waals surface area contributed by atoms with E-state index in [4.69, 9.17) is 11.6 Å². The molecule has 2 amide bonds. The van der Waals surface area contributed by atoms with Gasteiger partial charge in [0.15, 0.2) is 0 Å². The van der Waals surface area contributed by atoms with Crippen molar-refractivity contribution in [1.82, 2.24) is 9.88 Å². The SMILES string of the molecule is O=C(O)[C@H](Cc1cc2ccccc2[nH]1)N1C(=O)[C@H]2CC=C(Cl)C[C@H]2C1=O. The van der Waals surface area contributed by atoms with Crippen LogP contribution in [-0.4, -0.2) is 38.8 Å². The van der Waals surface area contributed by atoms with Gasteiger partial charge >= 0.3 is 5.97 Å². The van der Waals surface area contributed by atoms with E-state index in [1.807, 2.05) is 30.3 Å². The van der Waals surface area contributed by atoms with Crippen LogP contribution in [0.5, 0.6) is 0 Å². The lowest BCUT2D eigenvalue weighted by atomic mass is 9.85. The number of halogens is 1. The monoisotopic (exact) mass is 372 g/mol. The standard InChI is InChI=1S/C19H17ClN2O4/c20-11-5-6-13-14(8-11)18(24)22(17(13)23)16(19(25)26)9-12-7-10-3-1-2-4-15(10)21-12/h1-5,7,13-14,16,21H,6,8-9H2,(H,25,26)/t13-,14+,16-/m0/s1. The topological polar surface area (TPSA) is 90.5 Å². The van der Waals surface area contributed by atoms with Crippen LogP contribution < -0.4 is 0 Å². The average Bonchev–Trinajstić information content (AvgIpc) is 3.12. The molecule has 26 heavy (non-hydrogen) atoms. The van der Waals surface area contributed by atoms with Gasteiger partial charge in [0.1, 0.15) is 6.04 Å². The lowest BCUT2D eigenvalue weighted by Crippen LogP contribution is -2.46. The van der Waals surface area contributed by atoms with Gasteiger partial charge in [-0.05, 0) is 30.4 Å². The largest absolute Gasteiger partial charge is 0.480 e. The molecule has 3 atom stereocenters. The van der Waals surface area contributed by atoms with Crippen molar-refractivity contribution in [3.05, 3.63) is 47.1 Å². The summed E-state index contributed by atoms with van der Waals surface area (Å²) in [5, 5.41) is 11.2. The predicted molar refractivity (Wildman–Crippen MR) is 95.4 cm³/mol. The molecule has 4 rings (SSSR count). The molecule has 2 aliphatic rings. The lowest BCUT2D eigenvalue weighted by molar-refractivity contribution is -0.155. The number of aromatic nitrogens is 1. The third kappa shape index (κ3) is 2.70. The normalized spacial score (nSPS) is 23.9. The van der Waals surface area contributed by atoms with Crippen molar-refractivity contribution in [1.29, 1.82) is 0 Å². The predicted octanol–water partition coefficient (Wildman–Crippen LogP) is 2.68. The number of amides is 2. The number of carbonyl (C=O) groups is 3. The van der Waals surface area contributed by atoms with Crippen LogP contribution in [0.15, 0.2) is 41.4 Å². The van der Waals surface area contributed by atoms with Gasteiger partial charge in [0.2, 0.25) is 11.8 Å². The first kappa shape index (κ1) is 16.8. The molecule has 1 aromatic heterocycles. The van der Waals surface area contributed by atoms with E-state index in [1.165, 1.54) is 0 Å². The number of imide groups is 1. The van der Waals surface area contributed by atoms with E-state index in [9.17, 15) is 19.5 Å². The van der Waals surface area contributed by atoms with Crippen LogP contribution >= 0.6 is 11.6 Å². The number of H-pyrrole nitrogens is 1. The van der Waals surface area contributed by atoms with Gasteiger partial charge in [0, 0.05) is 22.7 Å². The van der Waals surface area contributed by atoms with Crippen molar-refractivity contribution in [2.75, 3.05) is 0 Å². The number of para-hydroxylation sites is 1. The van der Waals surface area contributed by atoms with E-state index in [0.717, 1.165) is 15.8 Å². The van der Waals surface area contributed by atoms with Gasteiger partial charge in [-0.15, -0.1) is 0 Å². The average molecular weight is 373 g/mol. The molecule has 2 heterocycles. The number of aliphatic carboxylic acids is 1. The zero-order valence-corrected chi connectivity index (χ0v) is 14.6. The number of carbonyl (C=O) groups excluding carboxylic acids is 2. The second-order valence-electron chi connectivity index (χ2n) is 6.79. The Balaban J connectivity index is 1.63. The number of carboxylic acids is 1. The summed E-state index contributed by atoms with van der Waals surface area (Å²) >= 11 is 6.02. The van der Waals surface area contributed by atoms with E-state index in [2.05, 4.69) is 4.98 Å². The van der Waals surface area contributed by atoms with Gasteiger partial charge in [-0.25, -0.2) is 4.79 Å². The Labute approximate surface area is 154 Å². The molecule has 0 spiro atoms. The minimum absolute atomic E-state index is 0.0437. The van der Waals surface area contributed by atoms with Crippen molar-refractivity contribution in [3.8, 4) is 0 Å². The first-order valence-electron chi connectivity index (χ1n) is 8.46. The van der Waals surface area contributed by atoms with E-state index in [-0.39, 0.29) is 6.42 Å². The van der Waals surface area contributed by atoms with Crippen LogP contribution in [0, 0.1) is 11.8 Å². The minimum atomic E-state index is -1.23. The molecule has 6 nitrogen and oxygen atoms in total. The zero-order chi connectivity index (χ0) is 18.4. The number of aromatic amines is 1. The molecule has 1 aliphatic heterocycles. The highest BCUT2D eigenvalue weighted by Gasteiger charge is 2.52. The minimum Gasteiger partial charge on any atom is -0.480 e. The van der Waals surface area contributed by atoms with Crippen LogP contribution in [0.3, 0.4) is 0 Å². The van der Waals surface area contributed by atoms with Crippen LogP contribution in [0.25, 0.3) is 10.9 Å². The third-order valence-electron chi connectivity index (χ3n) is 5.20. The molecule has 2 N–H and O–H groups in total. The first-order chi connectivity index (χ1) is 12.5. The molecule has 1 saturated heterocycles. The van der Waals surface area contributed by atoms with E-state index >= 15 is 0 Å². The number of likely N-dealkylation sites (tertiary alicyclic amines) is 1. The van der Waals surface area contributed by atoms with Crippen molar-refractivity contribution >= 4 is 40.3 Å². The summed E-state index contributed by atoms with van der Waals surface area (Å²) in [4.78, 5) is 41.4. The van der Waals surface area contributed by atoms with Gasteiger partial charge in [-0.2, -0.15) is 0 Å². The van der Waals surface area contributed by atoms with Crippen molar-refractivity contribution in [2.24, 2.45) is 11.8 Å². The second-order valence-corrected chi connectivity index (χ2v) is 7.28. The summed E-state index contributed by atoms with van der Waals surface area (Å²) in [6.07, 6.45) is 2.46. The highest BCUT2D eigenvalue weighted by Crippen LogP contribution is 2.40. The Morgan fingerprint density at radius 2 is 2.00 bits per heavy atom. The molecule has 0 bridgehead atoms. The fraction of sp³-hybridized carbons (Fsp3) is 0.316. The maximum Gasteiger partial charge on any atom is 0.327 e. The van der Waals surface area contributed by atoms with E-state index in [0.29, 0.717) is 23.6 Å². The summed E-state index contributed by atoms with van der Waals surface area (Å²) in [7, 11) is 0. The number of carboxylic acid groups (broad SMARTS) is 1. The van der Waals surface area contributed by atoms with Gasteiger partial charge in [0.05, 0.1) is 11.8 Å². The van der Waals surface area contributed by atoms with E-state index < -0.39 is 35.7 Å². The van der Waals surface area contributed by atoms with Gasteiger partial charge in [-0.3, -0.25) is 14.5 Å². The molecule has 1 aliphatic carbocycles. The van der Waals surface area contributed by atoms with Crippen LogP contribution in [0.4, 0.5) is 0 Å². The first-order valence-corrected chi connectivity index (χ1v) is 8.84. The highest BCUT2D eigenvalue weighted by atomic mass is 35.5. The summed E-state index contributed by atoms with van der Waals surface area (Å²) in [5.41, 5.74) is 1.56. The van der Waals surface area contributed by atoms with Crippen LogP contribution in [0.2, 0.25) is 0 Å². The fourth-order valence-corrected chi connectivity index (χ4v) is 4.16. The molecule has 1 fully saturated rings. The summed E-state index contributed by atoms with van der Waals surface area (Å²) in [6, 6.07) is 8.20. The highest BCUT2D eigenvalue weighted by molar-refractivity contribution is 6.30. The Morgan fingerprint density at radius 3 is 2.73 bits per heavy atom.